The van der Waals surface area contributed by atoms with E-state index in [0.717, 1.165) is 0 Å². The molecule has 2 heterocycles. The van der Waals surface area contributed by atoms with Crippen molar-refractivity contribution in [2.24, 2.45) is 5.92 Å². The highest BCUT2D eigenvalue weighted by atomic mass is 32.2. The van der Waals surface area contributed by atoms with Crippen molar-refractivity contribution in [3.63, 3.8) is 0 Å². The summed E-state index contributed by atoms with van der Waals surface area (Å²) in [5.41, 5.74) is 0.626. The quantitative estimate of drug-likeness (QED) is 0.758. The van der Waals surface area contributed by atoms with E-state index in [0.29, 0.717) is 38.2 Å². The number of nitrogens with zero attached hydrogens (tertiary/aromatic N) is 3. The summed E-state index contributed by atoms with van der Waals surface area (Å²) in [6, 6.07) is 0. The lowest BCUT2D eigenvalue weighted by Crippen LogP contribution is -2.42. The van der Waals surface area contributed by atoms with Gasteiger partial charge >= 0.3 is 5.97 Å². The number of hydrogen-bond acceptors (Lipinski definition) is 5. The SMILES string of the molecule is CCOC(=O)C1CCCN(S(=O)(=O)c2cnn(CC)c2C)C1. The topological polar surface area (TPSA) is 81.5 Å². The molecule has 0 N–H and O–H groups in total. The molecule has 1 fully saturated rings. The molecule has 22 heavy (non-hydrogen) atoms. The van der Waals surface area contributed by atoms with Gasteiger partial charge in [0.2, 0.25) is 10.0 Å². The lowest BCUT2D eigenvalue weighted by molar-refractivity contribution is -0.149. The van der Waals surface area contributed by atoms with Crippen molar-refractivity contribution in [3.8, 4) is 0 Å². The number of piperidine rings is 1. The van der Waals surface area contributed by atoms with Gasteiger partial charge in [0, 0.05) is 19.6 Å². The molecule has 1 saturated heterocycles. The van der Waals surface area contributed by atoms with Crippen molar-refractivity contribution in [2.45, 2.75) is 45.1 Å². The molecule has 0 bridgehead atoms. The predicted molar refractivity (Wildman–Crippen MR) is 80.8 cm³/mol. The van der Waals surface area contributed by atoms with Gasteiger partial charge in [-0.3, -0.25) is 9.48 Å². The molecule has 1 aromatic heterocycles. The van der Waals surface area contributed by atoms with E-state index in [1.54, 1.807) is 18.5 Å². The van der Waals surface area contributed by atoms with Crippen molar-refractivity contribution in [1.29, 1.82) is 0 Å². The van der Waals surface area contributed by atoms with E-state index in [2.05, 4.69) is 5.10 Å². The number of carbonyl (C=O) groups is 1. The average Bonchev–Trinajstić information content (AvgIpc) is 2.89. The van der Waals surface area contributed by atoms with Crippen LogP contribution < -0.4 is 0 Å². The number of sulfonamides is 1. The van der Waals surface area contributed by atoms with Crippen LogP contribution in [0.25, 0.3) is 0 Å². The van der Waals surface area contributed by atoms with E-state index in [1.165, 1.54) is 10.5 Å². The highest BCUT2D eigenvalue weighted by Crippen LogP contribution is 2.26. The maximum Gasteiger partial charge on any atom is 0.310 e. The van der Waals surface area contributed by atoms with E-state index in [-0.39, 0.29) is 23.3 Å². The lowest BCUT2D eigenvalue weighted by atomic mass is 10.0. The Morgan fingerprint density at radius 1 is 1.45 bits per heavy atom. The number of ether oxygens (including phenoxy) is 1. The van der Waals surface area contributed by atoms with Crippen LogP contribution in [0, 0.1) is 12.8 Å². The molecule has 0 saturated carbocycles. The molecule has 1 unspecified atom stereocenters. The van der Waals surface area contributed by atoms with Gasteiger partial charge in [-0.05, 0) is 33.6 Å². The Labute approximate surface area is 131 Å². The Balaban J connectivity index is 2.21. The minimum atomic E-state index is -3.62. The van der Waals surface area contributed by atoms with E-state index >= 15 is 0 Å². The second-order valence-corrected chi connectivity index (χ2v) is 7.27. The largest absolute Gasteiger partial charge is 0.466 e. The van der Waals surface area contributed by atoms with Crippen molar-refractivity contribution < 1.29 is 17.9 Å². The molecule has 0 spiro atoms. The Bertz CT molecular complexity index is 639. The van der Waals surface area contributed by atoms with Crippen LogP contribution in [0.5, 0.6) is 0 Å². The highest BCUT2D eigenvalue weighted by Gasteiger charge is 2.35. The first-order valence-corrected chi connectivity index (χ1v) is 9.05. The Morgan fingerprint density at radius 2 is 2.18 bits per heavy atom. The third kappa shape index (κ3) is 3.17. The molecule has 1 aliphatic rings. The van der Waals surface area contributed by atoms with Gasteiger partial charge in [0.15, 0.2) is 0 Å². The first kappa shape index (κ1) is 17.0. The fourth-order valence-corrected chi connectivity index (χ4v) is 4.44. The Kier molecular flexibility index (Phi) is 5.23. The number of aromatic nitrogens is 2. The van der Waals surface area contributed by atoms with Crippen LogP contribution in [0.1, 0.15) is 32.4 Å². The zero-order valence-corrected chi connectivity index (χ0v) is 14.1. The van der Waals surface area contributed by atoms with Crippen LogP contribution in [0.3, 0.4) is 0 Å². The molecule has 1 aromatic rings. The average molecular weight is 329 g/mol. The molecular weight excluding hydrogens is 306 g/mol. The minimum absolute atomic E-state index is 0.178. The summed E-state index contributed by atoms with van der Waals surface area (Å²) in [5, 5.41) is 4.10. The molecular formula is C14H23N3O4S. The van der Waals surface area contributed by atoms with Gasteiger partial charge in [0.05, 0.1) is 24.4 Å². The second-order valence-electron chi connectivity index (χ2n) is 5.36. The van der Waals surface area contributed by atoms with E-state index < -0.39 is 10.0 Å². The summed E-state index contributed by atoms with van der Waals surface area (Å²) in [5.74, 6) is -0.701. The van der Waals surface area contributed by atoms with Crippen LogP contribution >= 0.6 is 0 Å². The van der Waals surface area contributed by atoms with Crippen LogP contribution in [0.15, 0.2) is 11.1 Å². The van der Waals surface area contributed by atoms with Crippen LogP contribution in [-0.2, 0) is 26.1 Å². The summed E-state index contributed by atoms with van der Waals surface area (Å²) < 4.78 is 33.6. The molecule has 2 rings (SSSR count). The van der Waals surface area contributed by atoms with Gasteiger partial charge in [-0.2, -0.15) is 9.40 Å². The smallest absolute Gasteiger partial charge is 0.310 e. The summed E-state index contributed by atoms with van der Waals surface area (Å²) in [4.78, 5) is 12.1. The third-order valence-corrected chi connectivity index (χ3v) is 5.95. The highest BCUT2D eigenvalue weighted by molar-refractivity contribution is 7.89. The predicted octanol–water partition coefficient (Wildman–Crippen LogP) is 1.18. The summed E-state index contributed by atoms with van der Waals surface area (Å²) >= 11 is 0. The van der Waals surface area contributed by atoms with Gasteiger partial charge in [-0.1, -0.05) is 0 Å². The monoisotopic (exact) mass is 329 g/mol. The van der Waals surface area contributed by atoms with Gasteiger partial charge in [0.1, 0.15) is 4.90 Å². The molecule has 1 atom stereocenters. The van der Waals surface area contributed by atoms with Crippen molar-refractivity contribution in [1.82, 2.24) is 14.1 Å². The number of esters is 1. The van der Waals surface area contributed by atoms with Gasteiger partial charge in [-0.25, -0.2) is 8.42 Å². The van der Waals surface area contributed by atoms with Crippen LogP contribution in [-0.4, -0.2) is 48.2 Å². The summed E-state index contributed by atoms with van der Waals surface area (Å²) in [6.45, 7) is 6.94. The number of hydrogen-bond donors (Lipinski definition) is 0. The third-order valence-electron chi connectivity index (χ3n) is 3.98. The van der Waals surface area contributed by atoms with Crippen LogP contribution in [0.2, 0.25) is 0 Å². The first-order valence-electron chi connectivity index (χ1n) is 7.61. The van der Waals surface area contributed by atoms with Gasteiger partial charge < -0.3 is 4.74 Å². The zero-order valence-electron chi connectivity index (χ0n) is 13.3. The fraction of sp³-hybridized carbons (Fsp3) is 0.714. The lowest BCUT2D eigenvalue weighted by Gasteiger charge is -2.30. The summed E-state index contributed by atoms with van der Waals surface area (Å²) in [6.07, 6.45) is 2.71. The maximum absolute atomic E-state index is 12.8. The maximum atomic E-state index is 12.8. The van der Waals surface area contributed by atoms with Gasteiger partial charge in [0.25, 0.3) is 0 Å². The van der Waals surface area contributed by atoms with Crippen molar-refractivity contribution in [2.75, 3.05) is 19.7 Å². The number of aryl methyl sites for hydroxylation is 1. The Hall–Kier alpha value is -1.41. The van der Waals surface area contributed by atoms with E-state index in [1.807, 2.05) is 6.92 Å². The van der Waals surface area contributed by atoms with Gasteiger partial charge in [-0.15, -0.1) is 0 Å². The normalized spacial score (nSPS) is 20.0. The minimum Gasteiger partial charge on any atom is -0.466 e. The van der Waals surface area contributed by atoms with E-state index in [9.17, 15) is 13.2 Å². The molecule has 8 heteroatoms. The van der Waals surface area contributed by atoms with Crippen molar-refractivity contribution >= 4 is 16.0 Å². The molecule has 0 aromatic carbocycles. The number of rotatable bonds is 5. The van der Waals surface area contributed by atoms with E-state index in [4.69, 9.17) is 4.74 Å². The standard InChI is InChI=1S/C14H23N3O4S/c1-4-17-11(3)13(9-15-17)22(19,20)16-8-6-7-12(10-16)14(18)21-5-2/h9,12H,4-8,10H2,1-3H3. The zero-order chi connectivity index (χ0) is 16.3. The molecule has 0 radical (unpaired) electrons. The number of carbonyl (C=O) groups excluding carboxylic acids is 1. The molecule has 7 nitrogen and oxygen atoms in total. The molecule has 0 aliphatic carbocycles. The first-order chi connectivity index (χ1) is 10.4. The molecule has 124 valence electrons. The Morgan fingerprint density at radius 3 is 2.77 bits per heavy atom. The fourth-order valence-electron chi connectivity index (χ4n) is 2.75. The summed E-state index contributed by atoms with van der Waals surface area (Å²) in [7, 11) is -3.62. The van der Waals surface area contributed by atoms with Crippen molar-refractivity contribution in [3.05, 3.63) is 11.9 Å². The van der Waals surface area contributed by atoms with Crippen LogP contribution in [0.4, 0.5) is 0 Å². The second kappa shape index (κ2) is 6.78. The molecule has 1 aliphatic heterocycles. The molecule has 0 amide bonds.